The molecule has 1 aliphatic rings. The number of aliphatic imine (C=N–C) groups is 1. The molecule has 11 heavy (non-hydrogen) atoms. The molecule has 0 spiro atoms. The molecule has 0 saturated heterocycles. The van der Waals surface area contributed by atoms with E-state index in [0.29, 0.717) is 12.8 Å². The minimum atomic E-state index is -1.02. The summed E-state index contributed by atoms with van der Waals surface area (Å²) < 4.78 is 13.0. The first-order valence-corrected chi connectivity index (χ1v) is 3.94. The van der Waals surface area contributed by atoms with Crippen molar-refractivity contribution in [2.45, 2.75) is 44.3 Å². The molecule has 0 bridgehead atoms. The van der Waals surface area contributed by atoms with Crippen LogP contribution in [0.15, 0.2) is 4.99 Å². The van der Waals surface area contributed by atoms with Gasteiger partial charge in [-0.1, -0.05) is 12.8 Å². The Labute approximate surface area is 65.5 Å². The molecule has 3 heteroatoms. The van der Waals surface area contributed by atoms with Gasteiger partial charge in [-0.2, -0.15) is 4.99 Å². The molecule has 1 fully saturated rings. The van der Waals surface area contributed by atoms with Crippen LogP contribution in [0.1, 0.15) is 32.6 Å². The summed E-state index contributed by atoms with van der Waals surface area (Å²) in [5.74, 6) is 0. The SMILES string of the molecule is CC(F)C1(N=C=O)CCCC1. The van der Waals surface area contributed by atoms with Gasteiger partial charge < -0.3 is 0 Å². The zero-order valence-corrected chi connectivity index (χ0v) is 6.64. The molecule has 0 aromatic carbocycles. The standard InChI is InChI=1S/C8H12FNO/c1-7(9)8(10-6-11)4-2-3-5-8/h7H,2-5H2,1H3. The third-order valence-corrected chi connectivity index (χ3v) is 2.48. The van der Waals surface area contributed by atoms with Gasteiger partial charge in [-0.05, 0) is 19.8 Å². The first-order chi connectivity index (χ1) is 5.21. The zero-order valence-electron chi connectivity index (χ0n) is 6.64. The van der Waals surface area contributed by atoms with Crippen LogP contribution in [0.3, 0.4) is 0 Å². The topological polar surface area (TPSA) is 29.4 Å². The number of hydrogen-bond acceptors (Lipinski definition) is 2. The molecule has 1 unspecified atom stereocenters. The summed E-state index contributed by atoms with van der Waals surface area (Å²) in [6, 6.07) is 0. The summed E-state index contributed by atoms with van der Waals surface area (Å²) in [6.07, 6.45) is 3.78. The van der Waals surface area contributed by atoms with Crippen molar-refractivity contribution in [1.82, 2.24) is 0 Å². The van der Waals surface area contributed by atoms with E-state index in [0.717, 1.165) is 12.8 Å². The average Bonchev–Trinajstić information content (AvgIpc) is 2.38. The normalized spacial score (nSPS) is 24.2. The highest BCUT2D eigenvalue weighted by atomic mass is 19.1. The fourth-order valence-electron chi connectivity index (χ4n) is 1.68. The third-order valence-electron chi connectivity index (χ3n) is 2.48. The number of nitrogens with zero attached hydrogens (tertiary/aromatic N) is 1. The number of hydrogen-bond donors (Lipinski definition) is 0. The predicted molar refractivity (Wildman–Crippen MR) is 39.9 cm³/mol. The molecule has 0 amide bonds. The Kier molecular flexibility index (Phi) is 2.40. The molecule has 2 nitrogen and oxygen atoms in total. The summed E-state index contributed by atoms with van der Waals surface area (Å²) in [5.41, 5.74) is -0.720. The Morgan fingerprint density at radius 2 is 2.09 bits per heavy atom. The van der Waals surface area contributed by atoms with Crippen molar-refractivity contribution in [3.63, 3.8) is 0 Å². The third kappa shape index (κ3) is 1.48. The molecule has 1 atom stereocenters. The van der Waals surface area contributed by atoms with Crippen molar-refractivity contribution in [2.24, 2.45) is 4.99 Å². The lowest BCUT2D eigenvalue weighted by molar-refractivity contribution is 0.212. The quantitative estimate of drug-likeness (QED) is 0.445. The van der Waals surface area contributed by atoms with E-state index in [4.69, 9.17) is 0 Å². The first kappa shape index (κ1) is 8.41. The zero-order chi connectivity index (χ0) is 8.32. The van der Waals surface area contributed by atoms with Crippen molar-refractivity contribution in [2.75, 3.05) is 0 Å². The van der Waals surface area contributed by atoms with Gasteiger partial charge in [-0.15, -0.1) is 0 Å². The molecular formula is C8H12FNO. The number of isocyanates is 1. The van der Waals surface area contributed by atoms with Crippen LogP contribution in [0, 0.1) is 0 Å². The summed E-state index contributed by atoms with van der Waals surface area (Å²) in [4.78, 5) is 13.6. The lowest BCUT2D eigenvalue weighted by atomic mass is 9.94. The highest BCUT2D eigenvalue weighted by Crippen LogP contribution is 2.37. The number of halogens is 1. The largest absolute Gasteiger partial charge is 0.245 e. The fraction of sp³-hybridized carbons (Fsp3) is 0.875. The molecule has 62 valence electrons. The molecule has 0 radical (unpaired) electrons. The van der Waals surface area contributed by atoms with Crippen LogP contribution >= 0.6 is 0 Å². The van der Waals surface area contributed by atoms with Crippen molar-refractivity contribution in [3.8, 4) is 0 Å². The lowest BCUT2D eigenvalue weighted by Gasteiger charge is -2.23. The van der Waals surface area contributed by atoms with Gasteiger partial charge in [0.2, 0.25) is 6.08 Å². The summed E-state index contributed by atoms with van der Waals surface area (Å²) in [5, 5.41) is 0. The van der Waals surface area contributed by atoms with E-state index in [1.54, 1.807) is 0 Å². The van der Waals surface area contributed by atoms with Gasteiger partial charge in [-0.3, -0.25) is 0 Å². The van der Waals surface area contributed by atoms with Crippen LogP contribution < -0.4 is 0 Å². The minimum Gasteiger partial charge on any atom is -0.245 e. The van der Waals surface area contributed by atoms with E-state index in [-0.39, 0.29) is 0 Å². The summed E-state index contributed by atoms with van der Waals surface area (Å²) >= 11 is 0. The van der Waals surface area contributed by atoms with Gasteiger partial charge in [0.25, 0.3) is 0 Å². The van der Waals surface area contributed by atoms with Crippen molar-refractivity contribution in [3.05, 3.63) is 0 Å². The summed E-state index contributed by atoms with van der Waals surface area (Å²) in [6.45, 7) is 1.46. The predicted octanol–water partition coefficient (Wildman–Crippen LogP) is 1.99. The maximum absolute atomic E-state index is 13.0. The number of carbonyl (C=O) groups excluding carboxylic acids is 1. The van der Waals surface area contributed by atoms with Crippen LogP contribution in [0.5, 0.6) is 0 Å². The van der Waals surface area contributed by atoms with Crippen LogP contribution in [-0.2, 0) is 4.79 Å². The van der Waals surface area contributed by atoms with Crippen LogP contribution in [0.4, 0.5) is 4.39 Å². The van der Waals surface area contributed by atoms with Crippen molar-refractivity contribution in [1.29, 1.82) is 0 Å². The second-order valence-electron chi connectivity index (χ2n) is 3.13. The molecule has 1 saturated carbocycles. The second-order valence-corrected chi connectivity index (χ2v) is 3.13. The van der Waals surface area contributed by atoms with Gasteiger partial charge in [-0.25, -0.2) is 9.18 Å². The number of alkyl halides is 1. The van der Waals surface area contributed by atoms with Gasteiger partial charge >= 0.3 is 0 Å². The molecule has 0 aromatic heterocycles. The van der Waals surface area contributed by atoms with E-state index in [9.17, 15) is 9.18 Å². The van der Waals surface area contributed by atoms with Crippen LogP contribution in [0.25, 0.3) is 0 Å². The fourth-order valence-corrected chi connectivity index (χ4v) is 1.68. The smallest absolute Gasteiger partial charge is 0.235 e. The van der Waals surface area contributed by atoms with E-state index < -0.39 is 11.7 Å². The van der Waals surface area contributed by atoms with Gasteiger partial charge in [0, 0.05) is 0 Å². The van der Waals surface area contributed by atoms with Crippen molar-refractivity contribution >= 4 is 6.08 Å². The van der Waals surface area contributed by atoms with E-state index in [1.165, 1.54) is 13.0 Å². The molecule has 1 aliphatic carbocycles. The van der Waals surface area contributed by atoms with Gasteiger partial charge in [0.15, 0.2) is 0 Å². The lowest BCUT2D eigenvalue weighted by Crippen LogP contribution is -2.32. The first-order valence-electron chi connectivity index (χ1n) is 3.94. The van der Waals surface area contributed by atoms with Gasteiger partial charge in [0.1, 0.15) is 11.7 Å². The monoisotopic (exact) mass is 157 g/mol. The molecule has 0 aromatic rings. The summed E-state index contributed by atoms with van der Waals surface area (Å²) in [7, 11) is 0. The minimum absolute atomic E-state index is 0.694. The van der Waals surface area contributed by atoms with Crippen molar-refractivity contribution < 1.29 is 9.18 Å². The highest BCUT2D eigenvalue weighted by molar-refractivity contribution is 5.35. The van der Waals surface area contributed by atoms with Crippen LogP contribution in [-0.4, -0.2) is 17.8 Å². The van der Waals surface area contributed by atoms with E-state index >= 15 is 0 Å². The molecule has 0 aliphatic heterocycles. The van der Waals surface area contributed by atoms with Gasteiger partial charge in [0.05, 0.1) is 0 Å². The number of rotatable bonds is 2. The Morgan fingerprint density at radius 3 is 2.45 bits per heavy atom. The maximum Gasteiger partial charge on any atom is 0.235 e. The maximum atomic E-state index is 13.0. The van der Waals surface area contributed by atoms with E-state index in [2.05, 4.69) is 4.99 Å². The Hall–Kier alpha value is -0.690. The Morgan fingerprint density at radius 1 is 1.55 bits per heavy atom. The Balaban J connectivity index is 2.78. The molecule has 1 rings (SSSR count). The Bertz CT molecular complexity index is 179. The molecular weight excluding hydrogens is 145 g/mol. The second kappa shape index (κ2) is 3.14. The molecule has 0 heterocycles. The van der Waals surface area contributed by atoms with Crippen LogP contribution in [0.2, 0.25) is 0 Å². The molecule has 0 N–H and O–H groups in total. The van der Waals surface area contributed by atoms with E-state index in [1.807, 2.05) is 0 Å². The highest BCUT2D eigenvalue weighted by Gasteiger charge is 2.39. The average molecular weight is 157 g/mol.